The summed E-state index contributed by atoms with van der Waals surface area (Å²) in [7, 11) is 0.765. The van der Waals surface area contributed by atoms with Crippen molar-refractivity contribution < 1.29 is 8.73 Å². The molecule has 0 spiro atoms. The number of anilines is 1. The lowest BCUT2D eigenvalue weighted by Gasteiger charge is -2.26. The number of nitrogen functional groups attached to an aromatic ring is 1. The van der Waals surface area contributed by atoms with E-state index in [9.17, 15) is 9.47 Å². The number of nitriles is 1. The molecule has 12 heteroatoms. The number of fused-ring (bicyclic) bond motifs is 1. The van der Waals surface area contributed by atoms with Gasteiger partial charge in [0.25, 0.3) is 0 Å². The van der Waals surface area contributed by atoms with Crippen LogP contribution in [0.2, 0.25) is 0 Å². The number of likely N-dealkylation sites (N-methyl/N-ethyl adjacent to an activating group) is 1. The number of hydrogen-bond donors (Lipinski definition) is 1. The van der Waals surface area contributed by atoms with Crippen LogP contribution in [0.15, 0.2) is 15.7 Å². The third kappa shape index (κ3) is 5.87. The molecule has 1 fully saturated rings. The number of nitrogens with two attached hydrogens (primary N) is 1. The molecule has 0 radical (unpaired) electrons. The Labute approximate surface area is 254 Å². The second-order valence-electron chi connectivity index (χ2n) is 10.5. The molecule has 226 valence electrons. The fourth-order valence-electron chi connectivity index (χ4n) is 5.75. The number of aromatic nitrogens is 5. The summed E-state index contributed by atoms with van der Waals surface area (Å²) in [5, 5.41) is 20.7. The quantitative estimate of drug-likeness (QED) is 0.203. The number of hydrogen-bond acceptors (Lipinski definition) is 10. The van der Waals surface area contributed by atoms with Crippen LogP contribution in [-0.2, 0) is 23.6 Å². The highest BCUT2D eigenvalue weighted by atomic mass is 32.2. The van der Waals surface area contributed by atoms with Gasteiger partial charge in [-0.05, 0) is 52.6 Å². The minimum Gasteiger partial charge on any atom is -0.389 e. The molecule has 0 saturated carbocycles. The van der Waals surface area contributed by atoms with Gasteiger partial charge >= 0.3 is 0 Å². The van der Waals surface area contributed by atoms with E-state index >= 15 is 0 Å². The van der Waals surface area contributed by atoms with Gasteiger partial charge in [-0.3, -0.25) is 4.21 Å². The monoisotopic (exact) mass is 610 g/mol. The van der Waals surface area contributed by atoms with E-state index in [0.29, 0.717) is 56.4 Å². The Morgan fingerprint density at radius 3 is 2.64 bits per heavy atom. The first kappa shape index (κ1) is 31.8. The van der Waals surface area contributed by atoms with Gasteiger partial charge in [-0.15, -0.1) is 11.3 Å². The maximum Gasteiger partial charge on any atom is 0.185 e. The van der Waals surface area contributed by atoms with Crippen molar-refractivity contribution in [2.75, 3.05) is 25.6 Å². The molecule has 1 saturated heterocycles. The Hall–Kier alpha value is -3.14. The zero-order valence-corrected chi connectivity index (χ0v) is 27.4. The van der Waals surface area contributed by atoms with Gasteiger partial charge in [-0.25, -0.2) is 14.6 Å². The van der Waals surface area contributed by atoms with E-state index in [1.54, 1.807) is 12.5 Å². The molecule has 3 unspecified atom stereocenters. The third-order valence-corrected chi connectivity index (χ3v) is 9.75. The summed E-state index contributed by atoms with van der Waals surface area (Å²) in [5.41, 5.74) is 9.39. The zero-order valence-electron chi connectivity index (χ0n) is 25.7. The molecule has 1 aliphatic rings. The van der Waals surface area contributed by atoms with Crippen LogP contribution in [0.25, 0.3) is 33.9 Å². The van der Waals surface area contributed by atoms with E-state index in [4.69, 9.17) is 25.3 Å². The van der Waals surface area contributed by atoms with Crippen LogP contribution in [0, 0.1) is 11.3 Å². The van der Waals surface area contributed by atoms with Gasteiger partial charge in [0.1, 0.15) is 16.1 Å². The lowest BCUT2D eigenvalue weighted by atomic mass is 9.98. The van der Waals surface area contributed by atoms with Crippen molar-refractivity contribution in [2.24, 2.45) is 0 Å². The van der Waals surface area contributed by atoms with Crippen molar-refractivity contribution >= 4 is 38.2 Å². The molecule has 0 bridgehead atoms. The number of unbranched alkanes of at least 4 members (excludes halogenated alkanes) is 1. The summed E-state index contributed by atoms with van der Waals surface area (Å²) in [5.74, 6) is 0.903. The maximum absolute atomic E-state index is 12.9. The smallest absolute Gasteiger partial charge is 0.185 e. The Morgan fingerprint density at radius 2 is 2.02 bits per heavy atom. The molecule has 4 aromatic rings. The third-order valence-electron chi connectivity index (χ3n) is 7.82. The Morgan fingerprint density at radius 1 is 1.26 bits per heavy atom. The largest absolute Gasteiger partial charge is 0.389 e. The number of thiophene rings is 1. The Bertz CT molecular complexity index is 1600. The Balaban J connectivity index is 0.00000198. The fraction of sp³-hybridized carbons (Fsp3) is 0.567. The molecule has 0 aromatic carbocycles. The highest BCUT2D eigenvalue weighted by Gasteiger charge is 2.32. The van der Waals surface area contributed by atoms with Crippen molar-refractivity contribution in [1.29, 1.82) is 5.26 Å². The van der Waals surface area contributed by atoms with Crippen LogP contribution in [0.4, 0.5) is 5.00 Å². The van der Waals surface area contributed by atoms with E-state index in [1.807, 2.05) is 18.5 Å². The molecular weight excluding hydrogens is 569 g/mol. The van der Waals surface area contributed by atoms with Crippen LogP contribution in [0.3, 0.4) is 0 Å². The number of likely N-dealkylation sites (tertiary alicyclic amines) is 1. The first-order valence-corrected chi connectivity index (χ1v) is 17.3. The molecule has 42 heavy (non-hydrogen) atoms. The van der Waals surface area contributed by atoms with Gasteiger partial charge in [0.05, 0.1) is 39.6 Å². The van der Waals surface area contributed by atoms with Gasteiger partial charge in [-0.2, -0.15) is 10.4 Å². The zero-order chi connectivity index (χ0) is 30.6. The molecule has 10 nitrogen and oxygen atoms in total. The summed E-state index contributed by atoms with van der Waals surface area (Å²) in [6.45, 7) is 11.4. The second-order valence-corrected chi connectivity index (χ2v) is 12.9. The van der Waals surface area contributed by atoms with Gasteiger partial charge in [0, 0.05) is 22.7 Å². The van der Waals surface area contributed by atoms with Crippen molar-refractivity contribution in [2.45, 2.75) is 96.7 Å². The Kier molecular flexibility index (Phi) is 10.5. The molecule has 0 amide bonds. The summed E-state index contributed by atoms with van der Waals surface area (Å²) in [6, 6.07) is 2.68. The molecule has 1 aliphatic heterocycles. The molecule has 2 N–H and O–H groups in total. The lowest BCUT2D eigenvalue weighted by molar-refractivity contribution is 0.232. The van der Waals surface area contributed by atoms with E-state index in [0.717, 1.165) is 61.1 Å². The molecule has 0 aliphatic carbocycles. The van der Waals surface area contributed by atoms with Crippen molar-refractivity contribution in [3.8, 4) is 28.9 Å². The topological polar surface area (TPSA) is 140 Å². The minimum atomic E-state index is -1.38. The normalized spacial score (nSPS) is 16.8. The van der Waals surface area contributed by atoms with Gasteiger partial charge in [0.2, 0.25) is 0 Å². The minimum absolute atomic E-state index is 0.0712. The van der Waals surface area contributed by atoms with Crippen LogP contribution in [-0.4, -0.2) is 59.9 Å². The maximum atomic E-state index is 12.9. The average molecular weight is 611 g/mol. The summed E-state index contributed by atoms with van der Waals surface area (Å²) >= 11 is 1.43. The van der Waals surface area contributed by atoms with Crippen molar-refractivity contribution in [3.63, 3.8) is 0 Å². The predicted octanol–water partition coefficient (Wildman–Crippen LogP) is 6.38. The van der Waals surface area contributed by atoms with Gasteiger partial charge in [0.15, 0.2) is 22.9 Å². The molecule has 4 aromatic heterocycles. The van der Waals surface area contributed by atoms with Crippen LogP contribution in [0.5, 0.6) is 0 Å². The number of aryl methyl sites for hydroxylation is 1. The van der Waals surface area contributed by atoms with Gasteiger partial charge in [-0.1, -0.05) is 45.7 Å². The standard InChI is InChI=1S/C28H36N8O2S2.C2H6/c1-6-8-11-17-23(34-38-24(17)22-18(14-29)25(30)39-21(22)10-7-2)26-32-27-19(28(33-26)40(5)37)15-31-36(27)16(3)20-12-9-13-35(20)4;1-2/h15-16,20H,6-13,30H2,1-5H3;1-2H3. The number of nitrogens with zero attached hydrogens (tertiary/aromatic N) is 7. The SMILES string of the molecule is CC.CCCCc1c(-c2nc(S(C)=O)c3cnn(C(C)C4CCCN4C)c3n2)noc1-c1c(CCC)sc(N)c1C#N. The van der Waals surface area contributed by atoms with Crippen LogP contribution < -0.4 is 5.73 Å². The second kappa shape index (κ2) is 13.9. The highest BCUT2D eigenvalue weighted by Crippen LogP contribution is 2.43. The van der Waals surface area contributed by atoms with E-state index < -0.39 is 10.8 Å². The average Bonchev–Trinajstić information content (AvgIpc) is 3.77. The number of rotatable bonds is 10. The van der Waals surface area contributed by atoms with Crippen molar-refractivity contribution in [1.82, 2.24) is 29.8 Å². The predicted molar refractivity (Wildman–Crippen MR) is 170 cm³/mol. The fourth-order valence-corrected chi connectivity index (χ4v) is 7.54. The van der Waals surface area contributed by atoms with Crippen molar-refractivity contribution in [3.05, 3.63) is 22.2 Å². The van der Waals surface area contributed by atoms with Crippen LogP contribution >= 0.6 is 11.3 Å². The van der Waals surface area contributed by atoms with Crippen LogP contribution in [0.1, 0.15) is 88.8 Å². The van der Waals surface area contributed by atoms with E-state index in [1.165, 1.54) is 11.3 Å². The van der Waals surface area contributed by atoms with E-state index in [-0.39, 0.29) is 6.04 Å². The van der Waals surface area contributed by atoms with E-state index in [2.05, 4.69) is 43.9 Å². The lowest BCUT2D eigenvalue weighted by Crippen LogP contribution is -2.33. The molecule has 5 heterocycles. The molecule has 3 atom stereocenters. The first-order chi connectivity index (χ1) is 20.3. The van der Waals surface area contributed by atoms with Gasteiger partial charge < -0.3 is 15.2 Å². The first-order valence-electron chi connectivity index (χ1n) is 14.9. The summed E-state index contributed by atoms with van der Waals surface area (Å²) in [6.07, 6.45) is 9.79. The summed E-state index contributed by atoms with van der Waals surface area (Å²) < 4.78 is 20.8. The molecule has 5 rings (SSSR count). The summed E-state index contributed by atoms with van der Waals surface area (Å²) in [4.78, 5) is 13.1. The highest BCUT2D eigenvalue weighted by molar-refractivity contribution is 7.84. The molecular formula is C30H42N8O2S2.